The number of anilines is 1. The van der Waals surface area contributed by atoms with Crippen molar-refractivity contribution in [3.8, 4) is 5.75 Å². The van der Waals surface area contributed by atoms with E-state index in [9.17, 15) is 4.79 Å². The predicted molar refractivity (Wildman–Crippen MR) is 103 cm³/mol. The topological polar surface area (TPSA) is 50.6 Å². The molecule has 0 N–H and O–H groups in total. The van der Waals surface area contributed by atoms with E-state index < -0.39 is 0 Å². The molecule has 2 aromatic rings. The molecule has 0 aliphatic carbocycles. The molecule has 1 fully saturated rings. The Morgan fingerprint density at radius 1 is 1.31 bits per heavy atom. The maximum absolute atomic E-state index is 12.6. The van der Waals surface area contributed by atoms with Gasteiger partial charge in [0.25, 0.3) is 0 Å². The molecule has 26 heavy (non-hydrogen) atoms. The van der Waals surface area contributed by atoms with Crippen LogP contribution in [-0.2, 0) is 11.3 Å². The van der Waals surface area contributed by atoms with Crippen LogP contribution in [0.4, 0.5) is 5.69 Å². The van der Waals surface area contributed by atoms with Crippen LogP contribution in [0.15, 0.2) is 36.7 Å². The molecule has 6 heteroatoms. The molecule has 6 nitrogen and oxygen atoms in total. The molecule has 3 rings (SSSR count). The lowest BCUT2D eigenvalue weighted by atomic mass is 10.1. The fraction of sp³-hybridized carbons (Fsp3) is 0.500. The number of imidazole rings is 1. The summed E-state index contributed by atoms with van der Waals surface area (Å²) in [6.07, 6.45) is 5.19. The molecule has 1 aromatic heterocycles. The van der Waals surface area contributed by atoms with E-state index in [1.165, 1.54) is 0 Å². The number of para-hydroxylation sites is 2. The predicted octanol–water partition coefficient (Wildman–Crippen LogP) is 2.72. The Balaban J connectivity index is 1.53. The Hall–Kier alpha value is -2.50. The van der Waals surface area contributed by atoms with Crippen molar-refractivity contribution in [3.05, 3.63) is 42.5 Å². The second-order valence-electron chi connectivity index (χ2n) is 6.83. The Kier molecular flexibility index (Phi) is 5.81. The van der Waals surface area contributed by atoms with Crippen LogP contribution in [0.1, 0.15) is 25.6 Å². The molecule has 0 radical (unpaired) electrons. The van der Waals surface area contributed by atoms with Gasteiger partial charge in [-0.3, -0.25) is 4.79 Å². The summed E-state index contributed by atoms with van der Waals surface area (Å²) in [5.41, 5.74) is 1.10. The SMILES string of the molecule is COc1ccccc1N1CCN(C(=O)CCCn2ccnc2C)[C@@H](C)C1. The lowest BCUT2D eigenvalue weighted by Crippen LogP contribution is -2.54. The molecule has 1 aliphatic heterocycles. The van der Waals surface area contributed by atoms with Crippen molar-refractivity contribution in [3.63, 3.8) is 0 Å². The van der Waals surface area contributed by atoms with Crippen molar-refractivity contribution < 1.29 is 9.53 Å². The van der Waals surface area contributed by atoms with Crippen LogP contribution in [-0.4, -0.2) is 53.1 Å². The number of hydrogen-bond donors (Lipinski definition) is 0. The van der Waals surface area contributed by atoms with Gasteiger partial charge in [0.15, 0.2) is 0 Å². The smallest absolute Gasteiger partial charge is 0.222 e. The first-order chi connectivity index (χ1) is 12.6. The van der Waals surface area contributed by atoms with Crippen LogP contribution in [0, 0.1) is 6.92 Å². The van der Waals surface area contributed by atoms with E-state index in [0.29, 0.717) is 6.42 Å². The Morgan fingerprint density at radius 2 is 2.12 bits per heavy atom. The molecular weight excluding hydrogens is 328 g/mol. The van der Waals surface area contributed by atoms with Gasteiger partial charge >= 0.3 is 0 Å². The zero-order valence-electron chi connectivity index (χ0n) is 15.9. The average Bonchev–Trinajstić information content (AvgIpc) is 3.06. The van der Waals surface area contributed by atoms with Crippen LogP contribution in [0.3, 0.4) is 0 Å². The highest BCUT2D eigenvalue weighted by molar-refractivity contribution is 5.77. The molecular formula is C20H28N4O2. The lowest BCUT2D eigenvalue weighted by molar-refractivity contribution is -0.133. The number of methoxy groups -OCH3 is 1. The lowest BCUT2D eigenvalue weighted by Gasteiger charge is -2.41. The van der Waals surface area contributed by atoms with Crippen molar-refractivity contribution in [1.82, 2.24) is 14.5 Å². The normalized spacial score (nSPS) is 17.4. The number of carbonyl (C=O) groups is 1. The van der Waals surface area contributed by atoms with Crippen molar-refractivity contribution >= 4 is 11.6 Å². The molecule has 1 aliphatic rings. The van der Waals surface area contributed by atoms with Crippen molar-refractivity contribution in [2.75, 3.05) is 31.6 Å². The number of carbonyl (C=O) groups excluding carboxylic acids is 1. The highest BCUT2D eigenvalue weighted by atomic mass is 16.5. The van der Waals surface area contributed by atoms with Gasteiger partial charge in [0, 0.05) is 51.0 Å². The van der Waals surface area contributed by atoms with Gasteiger partial charge in [0.2, 0.25) is 5.91 Å². The van der Waals surface area contributed by atoms with Crippen molar-refractivity contribution in [1.29, 1.82) is 0 Å². The van der Waals surface area contributed by atoms with Gasteiger partial charge in [-0.15, -0.1) is 0 Å². The van der Waals surface area contributed by atoms with E-state index in [1.807, 2.05) is 36.2 Å². The maximum atomic E-state index is 12.6. The summed E-state index contributed by atoms with van der Waals surface area (Å²) in [5, 5.41) is 0. The Bertz CT molecular complexity index is 743. The molecule has 0 unspecified atom stereocenters. The first-order valence-electron chi connectivity index (χ1n) is 9.25. The molecule has 1 aromatic carbocycles. The van der Waals surface area contributed by atoms with E-state index in [2.05, 4.69) is 27.4 Å². The summed E-state index contributed by atoms with van der Waals surface area (Å²) < 4.78 is 7.57. The molecule has 140 valence electrons. The summed E-state index contributed by atoms with van der Waals surface area (Å²) in [6, 6.07) is 8.26. The van der Waals surface area contributed by atoms with Crippen molar-refractivity contribution in [2.24, 2.45) is 0 Å². The van der Waals surface area contributed by atoms with Crippen LogP contribution in [0.25, 0.3) is 0 Å². The standard InChI is InChI=1S/C20H28N4O2/c1-16-15-23(18-7-4-5-8-19(18)26-3)13-14-24(16)20(25)9-6-11-22-12-10-21-17(22)2/h4-5,7-8,10,12,16H,6,9,11,13-15H2,1-3H3/t16-/m0/s1. The molecule has 1 saturated heterocycles. The Morgan fingerprint density at radius 3 is 2.81 bits per heavy atom. The third-order valence-corrected chi connectivity index (χ3v) is 5.09. The third-order valence-electron chi connectivity index (χ3n) is 5.09. The zero-order chi connectivity index (χ0) is 18.5. The van der Waals surface area contributed by atoms with Crippen LogP contribution in [0.5, 0.6) is 5.75 Å². The van der Waals surface area contributed by atoms with Gasteiger partial charge in [-0.2, -0.15) is 0 Å². The minimum atomic E-state index is 0.191. The quantitative estimate of drug-likeness (QED) is 0.799. The summed E-state index contributed by atoms with van der Waals surface area (Å²) in [4.78, 5) is 21.2. The van der Waals surface area contributed by atoms with Crippen LogP contribution in [0.2, 0.25) is 0 Å². The zero-order valence-corrected chi connectivity index (χ0v) is 15.9. The number of piperazine rings is 1. The minimum absolute atomic E-state index is 0.191. The van der Waals surface area contributed by atoms with E-state index in [4.69, 9.17) is 4.74 Å². The molecule has 0 spiro atoms. The average molecular weight is 356 g/mol. The highest BCUT2D eigenvalue weighted by Gasteiger charge is 2.28. The maximum Gasteiger partial charge on any atom is 0.222 e. The van der Waals surface area contributed by atoms with Crippen LogP contribution < -0.4 is 9.64 Å². The van der Waals surface area contributed by atoms with E-state index in [1.54, 1.807) is 13.3 Å². The molecule has 0 saturated carbocycles. The highest BCUT2D eigenvalue weighted by Crippen LogP contribution is 2.29. The van der Waals surface area contributed by atoms with Gasteiger partial charge in [-0.05, 0) is 32.4 Å². The Labute approximate surface area is 155 Å². The number of nitrogens with zero attached hydrogens (tertiary/aromatic N) is 4. The number of rotatable bonds is 6. The summed E-state index contributed by atoms with van der Waals surface area (Å²) in [7, 11) is 1.70. The second-order valence-corrected chi connectivity index (χ2v) is 6.83. The minimum Gasteiger partial charge on any atom is -0.495 e. The number of aryl methyl sites for hydroxylation is 2. The first-order valence-corrected chi connectivity index (χ1v) is 9.25. The van der Waals surface area contributed by atoms with Gasteiger partial charge in [-0.25, -0.2) is 4.98 Å². The summed E-state index contributed by atoms with van der Waals surface area (Å²) in [6.45, 7) is 7.36. The van der Waals surface area contributed by atoms with E-state index >= 15 is 0 Å². The first kappa shape index (κ1) is 18.3. The molecule has 2 heterocycles. The largest absolute Gasteiger partial charge is 0.495 e. The second kappa shape index (κ2) is 8.25. The van der Waals surface area contributed by atoms with Gasteiger partial charge in [0.1, 0.15) is 11.6 Å². The summed E-state index contributed by atoms with van der Waals surface area (Å²) in [5.74, 6) is 2.13. The fourth-order valence-electron chi connectivity index (χ4n) is 3.62. The van der Waals surface area contributed by atoms with Gasteiger partial charge in [-0.1, -0.05) is 12.1 Å². The van der Waals surface area contributed by atoms with Gasteiger partial charge < -0.3 is 19.1 Å². The molecule has 1 atom stereocenters. The summed E-state index contributed by atoms with van der Waals surface area (Å²) >= 11 is 0. The molecule has 1 amide bonds. The third kappa shape index (κ3) is 4.00. The number of hydrogen-bond acceptors (Lipinski definition) is 4. The monoisotopic (exact) mass is 356 g/mol. The van der Waals surface area contributed by atoms with E-state index in [-0.39, 0.29) is 11.9 Å². The fourth-order valence-corrected chi connectivity index (χ4v) is 3.62. The molecule has 0 bridgehead atoms. The van der Waals surface area contributed by atoms with Gasteiger partial charge in [0.05, 0.1) is 12.8 Å². The number of amides is 1. The number of benzene rings is 1. The number of ether oxygens (including phenoxy) is 1. The number of aromatic nitrogens is 2. The van der Waals surface area contributed by atoms with E-state index in [0.717, 1.165) is 49.9 Å². The van der Waals surface area contributed by atoms with Crippen molar-refractivity contribution in [2.45, 2.75) is 39.3 Å². The van der Waals surface area contributed by atoms with Crippen LogP contribution >= 0.6 is 0 Å².